The van der Waals surface area contributed by atoms with Crippen LogP contribution in [0.3, 0.4) is 0 Å². The van der Waals surface area contributed by atoms with Crippen LogP contribution in [-0.4, -0.2) is 18.9 Å². The van der Waals surface area contributed by atoms with Gasteiger partial charge in [0.05, 0.1) is 13.0 Å². The fraction of sp³-hybridized carbons (Fsp3) is 0.333. The number of amides is 2. The lowest BCUT2D eigenvalue weighted by atomic mass is 9.93. The number of rotatable bonds is 6. The van der Waals surface area contributed by atoms with Crippen molar-refractivity contribution in [2.24, 2.45) is 11.5 Å². The van der Waals surface area contributed by atoms with Crippen LogP contribution in [0.5, 0.6) is 5.75 Å². The van der Waals surface area contributed by atoms with Gasteiger partial charge in [-0.2, -0.15) is 0 Å². The van der Waals surface area contributed by atoms with Crippen LogP contribution in [0.15, 0.2) is 24.3 Å². The van der Waals surface area contributed by atoms with Gasteiger partial charge in [-0.1, -0.05) is 12.1 Å². The lowest BCUT2D eigenvalue weighted by Gasteiger charge is -2.13. The van der Waals surface area contributed by atoms with Crippen LogP contribution in [0.1, 0.15) is 24.3 Å². The van der Waals surface area contributed by atoms with E-state index in [1.807, 2.05) is 0 Å². The fourth-order valence-corrected chi connectivity index (χ4v) is 1.62. The van der Waals surface area contributed by atoms with Gasteiger partial charge in [0, 0.05) is 6.42 Å². The largest absolute Gasteiger partial charge is 0.497 e. The van der Waals surface area contributed by atoms with Gasteiger partial charge in [-0.05, 0) is 24.1 Å². The molecular weight excluding hydrogens is 220 g/mol. The zero-order chi connectivity index (χ0) is 12.8. The molecule has 5 heteroatoms. The maximum absolute atomic E-state index is 11.3. The number of hydrogen-bond acceptors (Lipinski definition) is 3. The highest BCUT2D eigenvalue weighted by Gasteiger charge is 2.18. The van der Waals surface area contributed by atoms with Crippen molar-refractivity contribution in [2.75, 3.05) is 7.11 Å². The van der Waals surface area contributed by atoms with Crippen LogP contribution in [0.4, 0.5) is 0 Å². The summed E-state index contributed by atoms with van der Waals surface area (Å²) in [6, 6.07) is 7.05. The van der Waals surface area contributed by atoms with Crippen molar-refractivity contribution in [3.63, 3.8) is 0 Å². The molecule has 0 aliphatic carbocycles. The van der Waals surface area contributed by atoms with E-state index < -0.39 is 17.7 Å². The zero-order valence-electron chi connectivity index (χ0n) is 9.68. The minimum absolute atomic E-state index is 0.130. The first-order valence-electron chi connectivity index (χ1n) is 5.26. The summed E-state index contributed by atoms with van der Waals surface area (Å²) in [6.07, 6.45) is 0.447. The standard InChI is InChI=1S/C12H16N2O3/c1-17-9-4-2-3-8(7-9)10(12(14)16)5-6-11(13)15/h2-4,7,10H,5-6H2,1H3,(H2,13,15)(H2,14,16). The van der Waals surface area contributed by atoms with Crippen molar-refractivity contribution >= 4 is 11.8 Å². The molecule has 0 saturated heterocycles. The van der Waals surface area contributed by atoms with E-state index in [1.165, 1.54) is 0 Å². The Morgan fingerprint density at radius 2 is 2.06 bits per heavy atom. The average molecular weight is 236 g/mol. The Kier molecular flexibility index (Phi) is 4.51. The van der Waals surface area contributed by atoms with Gasteiger partial charge >= 0.3 is 0 Å². The van der Waals surface area contributed by atoms with E-state index in [-0.39, 0.29) is 6.42 Å². The number of ether oxygens (including phenoxy) is 1. The number of methoxy groups -OCH3 is 1. The van der Waals surface area contributed by atoms with Crippen LogP contribution in [0.25, 0.3) is 0 Å². The number of hydrogen-bond donors (Lipinski definition) is 2. The maximum atomic E-state index is 11.3. The summed E-state index contributed by atoms with van der Waals surface area (Å²) in [6.45, 7) is 0. The van der Waals surface area contributed by atoms with Crippen LogP contribution < -0.4 is 16.2 Å². The first-order chi connectivity index (χ1) is 8.04. The number of nitrogens with two attached hydrogens (primary N) is 2. The van der Waals surface area contributed by atoms with Crippen molar-refractivity contribution in [2.45, 2.75) is 18.8 Å². The van der Waals surface area contributed by atoms with Gasteiger partial charge in [0.2, 0.25) is 11.8 Å². The molecule has 0 aliphatic heterocycles. The van der Waals surface area contributed by atoms with Gasteiger partial charge < -0.3 is 16.2 Å². The van der Waals surface area contributed by atoms with Gasteiger partial charge in [0.25, 0.3) is 0 Å². The summed E-state index contributed by atoms with van der Waals surface area (Å²) in [5.41, 5.74) is 11.1. The van der Waals surface area contributed by atoms with Gasteiger partial charge in [-0.15, -0.1) is 0 Å². The second-order valence-electron chi connectivity index (χ2n) is 3.74. The molecule has 5 nitrogen and oxygen atoms in total. The summed E-state index contributed by atoms with van der Waals surface area (Å²) in [4.78, 5) is 22.1. The highest BCUT2D eigenvalue weighted by atomic mass is 16.5. The molecule has 2 amide bonds. The second kappa shape index (κ2) is 5.89. The molecule has 4 N–H and O–H groups in total. The van der Waals surface area contributed by atoms with E-state index >= 15 is 0 Å². The fourth-order valence-electron chi connectivity index (χ4n) is 1.62. The Labute approximate surface area is 99.7 Å². The molecule has 0 fully saturated rings. The van der Waals surface area contributed by atoms with E-state index in [9.17, 15) is 9.59 Å². The molecule has 0 heterocycles. The maximum Gasteiger partial charge on any atom is 0.224 e. The quantitative estimate of drug-likeness (QED) is 0.754. The lowest BCUT2D eigenvalue weighted by Crippen LogP contribution is -2.23. The van der Waals surface area contributed by atoms with Gasteiger partial charge in [0.15, 0.2) is 0 Å². The van der Waals surface area contributed by atoms with E-state index in [0.29, 0.717) is 12.2 Å². The molecule has 0 saturated carbocycles. The number of carbonyl (C=O) groups is 2. The van der Waals surface area contributed by atoms with Crippen molar-refractivity contribution in [1.29, 1.82) is 0 Å². The molecule has 0 aromatic heterocycles. The molecule has 92 valence electrons. The van der Waals surface area contributed by atoms with Crippen molar-refractivity contribution in [1.82, 2.24) is 0 Å². The predicted octanol–water partition coefficient (Wildman–Crippen LogP) is 0.530. The first kappa shape index (κ1) is 13.0. The number of carbonyl (C=O) groups excluding carboxylic acids is 2. The Bertz CT molecular complexity index is 418. The molecule has 0 spiro atoms. The number of primary amides is 2. The Hall–Kier alpha value is -2.04. The van der Waals surface area contributed by atoms with E-state index in [0.717, 1.165) is 5.56 Å². The molecule has 0 aliphatic rings. The van der Waals surface area contributed by atoms with Crippen molar-refractivity contribution in [3.8, 4) is 5.75 Å². The highest BCUT2D eigenvalue weighted by Crippen LogP contribution is 2.24. The monoisotopic (exact) mass is 236 g/mol. The minimum Gasteiger partial charge on any atom is -0.497 e. The second-order valence-corrected chi connectivity index (χ2v) is 3.74. The smallest absolute Gasteiger partial charge is 0.224 e. The minimum atomic E-state index is -0.516. The topological polar surface area (TPSA) is 95.4 Å². The SMILES string of the molecule is COc1cccc(C(CCC(N)=O)C(N)=O)c1. The molecule has 17 heavy (non-hydrogen) atoms. The molecule has 1 rings (SSSR count). The molecule has 1 aromatic carbocycles. The zero-order valence-corrected chi connectivity index (χ0v) is 9.68. The summed E-state index contributed by atoms with van der Waals surface area (Å²) >= 11 is 0. The van der Waals surface area contributed by atoms with E-state index in [1.54, 1.807) is 31.4 Å². The molecular formula is C12H16N2O3. The van der Waals surface area contributed by atoms with Crippen LogP contribution >= 0.6 is 0 Å². The van der Waals surface area contributed by atoms with Crippen LogP contribution in [0, 0.1) is 0 Å². The van der Waals surface area contributed by atoms with E-state index in [4.69, 9.17) is 16.2 Å². The molecule has 1 atom stereocenters. The Morgan fingerprint density at radius 1 is 1.35 bits per heavy atom. The lowest BCUT2D eigenvalue weighted by molar-refractivity contribution is -0.120. The Balaban J connectivity index is 2.88. The normalized spacial score (nSPS) is 11.8. The van der Waals surface area contributed by atoms with Crippen molar-refractivity contribution < 1.29 is 14.3 Å². The highest BCUT2D eigenvalue weighted by molar-refractivity contribution is 5.83. The molecule has 1 unspecified atom stereocenters. The van der Waals surface area contributed by atoms with Crippen LogP contribution in [0.2, 0.25) is 0 Å². The third kappa shape index (κ3) is 3.79. The third-order valence-corrected chi connectivity index (χ3v) is 2.52. The summed E-state index contributed by atoms with van der Waals surface area (Å²) in [5.74, 6) is -0.788. The first-order valence-corrected chi connectivity index (χ1v) is 5.26. The van der Waals surface area contributed by atoms with Crippen LogP contribution in [-0.2, 0) is 9.59 Å². The van der Waals surface area contributed by atoms with Gasteiger partial charge in [0.1, 0.15) is 5.75 Å². The summed E-state index contributed by atoms with van der Waals surface area (Å²) < 4.78 is 5.07. The van der Waals surface area contributed by atoms with Gasteiger partial charge in [-0.3, -0.25) is 9.59 Å². The summed E-state index contributed by atoms with van der Waals surface area (Å²) in [5, 5.41) is 0. The number of benzene rings is 1. The molecule has 0 radical (unpaired) electrons. The van der Waals surface area contributed by atoms with E-state index in [2.05, 4.69) is 0 Å². The average Bonchev–Trinajstić information content (AvgIpc) is 2.28. The Morgan fingerprint density at radius 3 is 2.59 bits per heavy atom. The van der Waals surface area contributed by atoms with Crippen molar-refractivity contribution in [3.05, 3.63) is 29.8 Å². The summed E-state index contributed by atoms with van der Waals surface area (Å²) in [7, 11) is 1.54. The van der Waals surface area contributed by atoms with Gasteiger partial charge in [-0.25, -0.2) is 0 Å². The molecule has 0 bridgehead atoms. The molecule has 1 aromatic rings. The predicted molar refractivity (Wildman–Crippen MR) is 63.4 cm³/mol. The third-order valence-electron chi connectivity index (χ3n) is 2.52.